The van der Waals surface area contributed by atoms with E-state index in [1.165, 1.54) is 34.1 Å². The third-order valence-corrected chi connectivity index (χ3v) is 6.32. The van der Waals surface area contributed by atoms with Crippen LogP contribution in [0.1, 0.15) is 18.9 Å². The van der Waals surface area contributed by atoms with Crippen molar-refractivity contribution in [2.45, 2.75) is 13.3 Å². The van der Waals surface area contributed by atoms with E-state index in [0.717, 1.165) is 18.2 Å². The number of carbonyl (C=O) groups excluding carboxylic acids is 3. The fraction of sp³-hybridized carbons (Fsp3) is 0.182. The van der Waals surface area contributed by atoms with Crippen LogP contribution in [0.5, 0.6) is 0 Å². The fourth-order valence-corrected chi connectivity index (χ4v) is 4.88. The van der Waals surface area contributed by atoms with Gasteiger partial charge in [-0.1, -0.05) is 49.1 Å². The van der Waals surface area contributed by atoms with Crippen molar-refractivity contribution in [2.75, 3.05) is 23.3 Å². The van der Waals surface area contributed by atoms with Crippen molar-refractivity contribution in [1.29, 1.82) is 0 Å². The summed E-state index contributed by atoms with van der Waals surface area (Å²) in [6.07, 6.45) is 0.745. The van der Waals surface area contributed by atoms with Crippen molar-refractivity contribution in [2.24, 2.45) is 0 Å². The molecule has 2 heterocycles. The van der Waals surface area contributed by atoms with Gasteiger partial charge in [0.25, 0.3) is 11.8 Å². The molecule has 0 atom stereocenters. The second-order valence-corrected chi connectivity index (χ2v) is 8.64. The summed E-state index contributed by atoms with van der Waals surface area (Å²) in [4.78, 5) is 41.9. The van der Waals surface area contributed by atoms with E-state index in [4.69, 9.17) is 12.2 Å². The van der Waals surface area contributed by atoms with Gasteiger partial charge in [0.2, 0.25) is 5.91 Å². The molecule has 2 aromatic carbocycles. The Morgan fingerprint density at radius 1 is 1.06 bits per heavy atom. The molecule has 9 heteroatoms. The number of hydrogen-bond donors (Lipinski definition) is 1. The van der Waals surface area contributed by atoms with Gasteiger partial charge in [0, 0.05) is 17.8 Å². The van der Waals surface area contributed by atoms with E-state index in [0.29, 0.717) is 27.8 Å². The Bertz CT molecular complexity index is 1130. The van der Waals surface area contributed by atoms with Gasteiger partial charge >= 0.3 is 0 Å². The first-order valence-electron chi connectivity index (χ1n) is 9.65. The van der Waals surface area contributed by atoms with Crippen LogP contribution in [0.25, 0.3) is 5.57 Å². The van der Waals surface area contributed by atoms with Gasteiger partial charge in [-0.15, -0.1) is 0 Å². The van der Waals surface area contributed by atoms with Gasteiger partial charge in [-0.05, 0) is 36.8 Å². The lowest BCUT2D eigenvalue weighted by Crippen LogP contribution is -2.35. The number of hydrogen-bond acceptors (Lipinski definition) is 5. The van der Waals surface area contributed by atoms with E-state index < -0.39 is 17.6 Å². The fourth-order valence-electron chi connectivity index (χ4n) is 3.50. The van der Waals surface area contributed by atoms with Gasteiger partial charge in [0.05, 0.1) is 16.2 Å². The molecule has 0 unspecified atom stereocenters. The number of para-hydroxylation sites is 1. The highest BCUT2D eigenvalue weighted by Crippen LogP contribution is 2.44. The van der Waals surface area contributed by atoms with Crippen LogP contribution < -0.4 is 10.2 Å². The third-order valence-electron chi connectivity index (χ3n) is 4.88. The van der Waals surface area contributed by atoms with Crippen LogP contribution >= 0.6 is 24.0 Å². The smallest absolute Gasteiger partial charge is 0.267 e. The summed E-state index contributed by atoms with van der Waals surface area (Å²) >= 11 is 6.45. The highest BCUT2D eigenvalue weighted by molar-refractivity contribution is 8.26. The Hall–Kier alpha value is -3.04. The first-order valence-corrected chi connectivity index (χ1v) is 10.9. The SMILES string of the molecule is CCCN1C(=O)/C(=C2\C(=O)N(CC(=O)Nc3ccc(F)cc3)c3ccccc32)SC1=S. The topological polar surface area (TPSA) is 69.7 Å². The van der Waals surface area contributed by atoms with E-state index in [2.05, 4.69) is 5.32 Å². The second-order valence-electron chi connectivity index (χ2n) is 6.99. The van der Waals surface area contributed by atoms with Crippen LogP contribution in [0.15, 0.2) is 53.4 Å². The molecule has 1 saturated heterocycles. The summed E-state index contributed by atoms with van der Waals surface area (Å²) in [7, 11) is 0. The average Bonchev–Trinajstić information content (AvgIpc) is 3.18. The van der Waals surface area contributed by atoms with Crippen molar-refractivity contribution in [3.63, 3.8) is 0 Å². The maximum Gasteiger partial charge on any atom is 0.267 e. The zero-order chi connectivity index (χ0) is 22.1. The molecule has 6 nitrogen and oxygen atoms in total. The molecule has 3 amide bonds. The molecule has 2 aliphatic heterocycles. The molecule has 31 heavy (non-hydrogen) atoms. The molecule has 1 N–H and O–H groups in total. The lowest BCUT2D eigenvalue weighted by Gasteiger charge is -2.16. The predicted molar refractivity (Wildman–Crippen MR) is 123 cm³/mol. The summed E-state index contributed by atoms with van der Waals surface area (Å²) in [6, 6.07) is 12.4. The minimum Gasteiger partial charge on any atom is -0.325 e. The number of fused-ring (bicyclic) bond motifs is 1. The summed E-state index contributed by atoms with van der Waals surface area (Å²) in [5, 5.41) is 2.65. The summed E-state index contributed by atoms with van der Waals surface area (Å²) in [6.45, 7) is 2.19. The van der Waals surface area contributed by atoms with Gasteiger partial charge in [-0.3, -0.25) is 24.2 Å². The van der Waals surface area contributed by atoms with Crippen LogP contribution in [-0.4, -0.2) is 40.0 Å². The lowest BCUT2D eigenvalue weighted by atomic mass is 10.1. The number of thiocarbonyl (C=S) groups is 1. The van der Waals surface area contributed by atoms with Gasteiger partial charge in [0.1, 0.15) is 16.7 Å². The highest BCUT2D eigenvalue weighted by atomic mass is 32.2. The van der Waals surface area contributed by atoms with Crippen molar-refractivity contribution in [3.05, 3.63) is 64.8 Å². The molecule has 0 bridgehead atoms. The number of amides is 3. The van der Waals surface area contributed by atoms with Crippen molar-refractivity contribution < 1.29 is 18.8 Å². The van der Waals surface area contributed by atoms with Crippen LogP contribution in [0.2, 0.25) is 0 Å². The van der Waals surface area contributed by atoms with Crippen molar-refractivity contribution in [1.82, 2.24) is 4.90 Å². The molecule has 0 aromatic heterocycles. The summed E-state index contributed by atoms with van der Waals surface area (Å²) in [5.41, 5.74) is 1.84. The molecule has 2 aromatic rings. The number of halogens is 1. The third kappa shape index (κ3) is 3.98. The number of anilines is 2. The number of benzene rings is 2. The molecule has 0 radical (unpaired) electrons. The lowest BCUT2D eigenvalue weighted by molar-refractivity contribution is -0.122. The maximum absolute atomic E-state index is 13.3. The largest absolute Gasteiger partial charge is 0.325 e. The molecule has 0 aliphatic carbocycles. The van der Waals surface area contributed by atoms with Crippen LogP contribution in [0.4, 0.5) is 15.8 Å². The second kappa shape index (κ2) is 8.60. The van der Waals surface area contributed by atoms with Gasteiger partial charge in [-0.25, -0.2) is 4.39 Å². The van der Waals surface area contributed by atoms with Crippen molar-refractivity contribution in [3.8, 4) is 0 Å². The minimum atomic E-state index is -0.436. The molecular formula is C22H18FN3O3S2. The molecule has 2 aliphatic rings. The van der Waals surface area contributed by atoms with E-state index in [1.807, 2.05) is 6.92 Å². The average molecular weight is 456 g/mol. The van der Waals surface area contributed by atoms with E-state index in [9.17, 15) is 18.8 Å². The maximum atomic E-state index is 13.3. The molecule has 0 spiro atoms. The zero-order valence-electron chi connectivity index (χ0n) is 16.6. The van der Waals surface area contributed by atoms with Gasteiger partial charge < -0.3 is 5.32 Å². The van der Waals surface area contributed by atoms with Crippen LogP contribution in [-0.2, 0) is 14.4 Å². The minimum absolute atomic E-state index is 0.244. The number of nitrogens with zero attached hydrogens (tertiary/aromatic N) is 2. The highest BCUT2D eigenvalue weighted by Gasteiger charge is 2.42. The van der Waals surface area contributed by atoms with Crippen LogP contribution in [0.3, 0.4) is 0 Å². The van der Waals surface area contributed by atoms with Gasteiger partial charge in [-0.2, -0.15) is 0 Å². The van der Waals surface area contributed by atoms with E-state index in [1.54, 1.807) is 24.3 Å². The standard InChI is InChI=1S/C22H18FN3O3S2/c1-2-11-25-21(29)19(31-22(25)30)18-15-5-3-4-6-16(15)26(20(18)28)12-17(27)24-14-9-7-13(23)8-10-14/h3-10H,2,11-12H2,1H3,(H,24,27)/b19-18+. The molecule has 0 saturated carbocycles. The Labute approximate surface area is 188 Å². The molecule has 4 rings (SSSR count). The zero-order valence-corrected chi connectivity index (χ0v) is 18.2. The Kier molecular flexibility index (Phi) is 5.88. The molecule has 1 fully saturated rings. The normalized spacial score (nSPS) is 18.1. The van der Waals surface area contributed by atoms with Crippen LogP contribution in [0, 0.1) is 5.82 Å². The first-order chi connectivity index (χ1) is 14.9. The number of rotatable bonds is 5. The number of carbonyl (C=O) groups is 3. The monoisotopic (exact) mass is 455 g/mol. The van der Waals surface area contributed by atoms with E-state index in [-0.39, 0.29) is 22.9 Å². The summed E-state index contributed by atoms with van der Waals surface area (Å²) in [5.74, 6) is -1.55. The quantitative estimate of drug-likeness (QED) is 0.549. The van der Waals surface area contributed by atoms with E-state index >= 15 is 0 Å². The Balaban J connectivity index is 1.64. The predicted octanol–water partition coefficient (Wildman–Crippen LogP) is 3.79. The number of nitrogens with one attached hydrogen (secondary N) is 1. The molecular weight excluding hydrogens is 437 g/mol. The number of thioether (sulfide) groups is 1. The Morgan fingerprint density at radius 2 is 1.77 bits per heavy atom. The molecule has 158 valence electrons. The van der Waals surface area contributed by atoms with Gasteiger partial charge in [0.15, 0.2) is 0 Å². The Morgan fingerprint density at radius 3 is 2.48 bits per heavy atom. The first kappa shape index (κ1) is 21.2. The van der Waals surface area contributed by atoms with Crippen molar-refractivity contribution >= 4 is 63.0 Å². The summed E-state index contributed by atoms with van der Waals surface area (Å²) < 4.78 is 13.5.